The number of hydrogen-bond acceptors (Lipinski definition) is 6. The van der Waals surface area contributed by atoms with Crippen LogP contribution >= 0.6 is 0 Å². The van der Waals surface area contributed by atoms with Crippen LogP contribution < -0.4 is 11.5 Å². The molecule has 1 fully saturated rings. The monoisotopic (exact) mass is 367 g/mol. The number of hydrogen-bond donors (Lipinski definition) is 4. The number of likely N-dealkylation sites (tertiary alicyclic amines) is 1. The highest BCUT2D eigenvalue weighted by Crippen LogP contribution is 2.30. The molecule has 1 heterocycles. The lowest BCUT2D eigenvalue weighted by Crippen LogP contribution is -2.44. The smallest absolute Gasteiger partial charge is 0.264 e. The minimum Gasteiger partial charge on any atom is -0.504 e. The molecule has 0 aromatic rings. The van der Waals surface area contributed by atoms with Gasteiger partial charge in [-0.2, -0.15) is 0 Å². The van der Waals surface area contributed by atoms with Crippen LogP contribution in [-0.4, -0.2) is 52.8 Å². The topological polar surface area (TPSA) is 130 Å². The fourth-order valence-corrected chi connectivity index (χ4v) is 2.83. The third-order valence-electron chi connectivity index (χ3n) is 4.39. The maximum atomic E-state index is 13.7. The Morgan fingerprint density at radius 1 is 1.50 bits per heavy atom. The second kappa shape index (κ2) is 9.88. The lowest BCUT2D eigenvalue weighted by Gasteiger charge is -2.35. The average Bonchev–Trinajstić information content (AvgIpc) is 2.64. The zero-order valence-corrected chi connectivity index (χ0v) is 14.8. The van der Waals surface area contributed by atoms with Gasteiger partial charge in [0, 0.05) is 24.6 Å². The molecule has 0 radical (unpaired) electrons. The van der Waals surface area contributed by atoms with Gasteiger partial charge in [0.05, 0.1) is 0 Å². The summed E-state index contributed by atoms with van der Waals surface area (Å²) >= 11 is 0. The molecule has 8 heteroatoms. The highest BCUT2D eigenvalue weighted by atomic mass is 19.1. The van der Waals surface area contributed by atoms with Crippen molar-refractivity contribution < 1.29 is 24.2 Å². The Labute approximate surface area is 152 Å². The first-order chi connectivity index (χ1) is 12.3. The number of nitrogens with two attached hydrogens (primary N) is 2. The Balaban J connectivity index is 3.03. The van der Waals surface area contributed by atoms with E-state index in [1.807, 2.05) is 6.92 Å². The van der Waals surface area contributed by atoms with Gasteiger partial charge < -0.3 is 21.7 Å². The molecular formula is C18H26FN3O4. The van der Waals surface area contributed by atoms with Crippen LogP contribution in [0.1, 0.15) is 19.8 Å². The van der Waals surface area contributed by atoms with Crippen molar-refractivity contribution in [1.82, 2.24) is 4.90 Å². The quantitative estimate of drug-likeness (QED) is 0.218. The number of piperidine rings is 1. The van der Waals surface area contributed by atoms with E-state index < -0.39 is 24.1 Å². The number of allylic oxidation sites excluding steroid dienone is 3. The largest absolute Gasteiger partial charge is 0.504 e. The van der Waals surface area contributed by atoms with Crippen LogP contribution in [0.4, 0.5) is 4.39 Å². The van der Waals surface area contributed by atoms with Gasteiger partial charge >= 0.3 is 0 Å². The number of rotatable bonds is 8. The molecule has 144 valence electrons. The Morgan fingerprint density at radius 2 is 2.15 bits per heavy atom. The highest BCUT2D eigenvalue weighted by Gasteiger charge is 2.32. The van der Waals surface area contributed by atoms with Crippen molar-refractivity contribution in [3.8, 4) is 0 Å². The first-order valence-corrected chi connectivity index (χ1v) is 8.30. The number of aliphatic hydroxyl groups is 2. The van der Waals surface area contributed by atoms with Crippen LogP contribution in [0.5, 0.6) is 0 Å². The van der Waals surface area contributed by atoms with Crippen molar-refractivity contribution in [3.63, 3.8) is 0 Å². The molecule has 0 aliphatic carbocycles. The summed E-state index contributed by atoms with van der Waals surface area (Å²) in [6, 6.07) is 0. The van der Waals surface area contributed by atoms with Gasteiger partial charge in [-0.25, -0.2) is 4.39 Å². The number of halogens is 1. The molecule has 1 amide bonds. The SMILES string of the molecule is C=CC(F)C(/C=C/CN1CCC(=C(/N)C(N)=O)/C(=C(/O)C=O)C1O)CC. The number of primary amides is 1. The summed E-state index contributed by atoms with van der Waals surface area (Å²) < 4.78 is 13.7. The predicted octanol–water partition coefficient (Wildman–Crippen LogP) is 0.826. The summed E-state index contributed by atoms with van der Waals surface area (Å²) in [6.45, 7) is 5.85. The van der Waals surface area contributed by atoms with E-state index in [9.17, 15) is 24.2 Å². The Kier molecular flexibility index (Phi) is 8.21. The van der Waals surface area contributed by atoms with Crippen molar-refractivity contribution in [3.05, 3.63) is 47.4 Å². The first-order valence-electron chi connectivity index (χ1n) is 8.30. The van der Waals surface area contributed by atoms with Crippen molar-refractivity contribution in [2.24, 2.45) is 17.4 Å². The summed E-state index contributed by atoms with van der Waals surface area (Å²) in [5.74, 6) is -1.94. The predicted molar refractivity (Wildman–Crippen MR) is 96.3 cm³/mol. The van der Waals surface area contributed by atoms with Crippen LogP contribution in [-0.2, 0) is 9.59 Å². The zero-order chi connectivity index (χ0) is 19.9. The standard InChI is InChI=1S/C18H26FN3O4/c1-3-11(13(19)4-2)6-5-8-22-9-7-12(16(20)17(21)25)15(18(22)26)14(24)10-23/h4-6,10-11,13,18,24,26H,2-3,7-9,20H2,1H3,(H2,21,25)/b6-5+,15-14-,16-12-. The van der Waals surface area contributed by atoms with Gasteiger partial charge in [-0.15, -0.1) is 6.58 Å². The van der Waals surface area contributed by atoms with E-state index in [2.05, 4.69) is 6.58 Å². The van der Waals surface area contributed by atoms with E-state index in [-0.39, 0.29) is 42.0 Å². The number of nitrogens with zero attached hydrogens (tertiary/aromatic N) is 1. The van der Waals surface area contributed by atoms with Gasteiger partial charge in [-0.05, 0) is 18.4 Å². The van der Waals surface area contributed by atoms with Gasteiger partial charge in [0.15, 0.2) is 12.0 Å². The Bertz CT molecular complexity index is 642. The van der Waals surface area contributed by atoms with Crippen molar-refractivity contribution in [1.29, 1.82) is 0 Å². The molecule has 1 aliphatic heterocycles. The third-order valence-corrected chi connectivity index (χ3v) is 4.39. The number of aliphatic hydroxyl groups excluding tert-OH is 2. The molecule has 3 unspecified atom stereocenters. The third kappa shape index (κ3) is 5.03. The van der Waals surface area contributed by atoms with Gasteiger partial charge in [-0.1, -0.05) is 25.2 Å². The molecule has 1 aliphatic rings. The molecule has 26 heavy (non-hydrogen) atoms. The second-order valence-corrected chi connectivity index (χ2v) is 5.97. The number of alkyl halides is 1. The molecule has 6 N–H and O–H groups in total. The molecule has 3 atom stereocenters. The number of amides is 1. The van der Waals surface area contributed by atoms with E-state index in [4.69, 9.17) is 11.5 Å². The average molecular weight is 367 g/mol. The van der Waals surface area contributed by atoms with Crippen LogP contribution in [0.15, 0.2) is 47.4 Å². The van der Waals surface area contributed by atoms with Gasteiger partial charge in [0.1, 0.15) is 18.1 Å². The highest BCUT2D eigenvalue weighted by molar-refractivity contribution is 5.93. The maximum absolute atomic E-state index is 13.7. The number of aldehydes is 1. The van der Waals surface area contributed by atoms with Crippen molar-refractivity contribution >= 4 is 12.2 Å². The van der Waals surface area contributed by atoms with E-state index in [0.717, 1.165) is 0 Å². The van der Waals surface area contributed by atoms with Crippen LogP contribution in [0.2, 0.25) is 0 Å². The molecule has 0 bridgehead atoms. The fourth-order valence-electron chi connectivity index (χ4n) is 2.83. The Morgan fingerprint density at radius 3 is 2.65 bits per heavy atom. The molecule has 7 nitrogen and oxygen atoms in total. The van der Waals surface area contributed by atoms with Crippen molar-refractivity contribution in [2.75, 3.05) is 13.1 Å². The van der Waals surface area contributed by atoms with Crippen LogP contribution in [0.25, 0.3) is 0 Å². The molecule has 0 saturated carbocycles. The zero-order valence-electron chi connectivity index (χ0n) is 14.8. The normalized spacial score (nSPS) is 24.8. The lowest BCUT2D eigenvalue weighted by molar-refractivity contribution is -0.114. The molecular weight excluding hydrogens is 341 g/mol. The summed E-state index contributed by atoms with van der Waals surface area (Å²) in [4.78, 5) is 23.8. The van der Waals surface area contributed by atoms with Crippen LogP contribution in [0, 0.1) is 5.92 Å². The summed E-state index contributed by atoms with van der Waals surface area (Å²) in [6.07, 6.45) is 3.08. The molecule has 1 rings (SSSR count). The summed E-state index contributed by atoms with van der Waals surface area (Å²) in [7, 11) is 0. The molecule has 1 saturated heterocycles. The lowest BCUT2D eigenvalue weighted by atomic mass is 9.92. The maximum Gasteiger partial charge on any atom is 0.264 e. The first kappa shape index (κ1) is 21.6. The number of carbonyl (C=O) groups excluding carboxylic acids is 2. The molecule has 0 aromatic heterocycles. The van der Waals surface area contributed by atoms with Crippen LogP contribution in [0.3, 0.4) is 0 Å². The number of carbonyl (C=O) groups is 2. The van der Waals surface area contributed by atoms with E-state index >= 15 is 0 Å². The van der Waals surface area contributed by atoms with E-state index in [1.165, 1.54) is 6.08 Å². The minimum absolute atomic E-state index is 0.141. The van der Waals surface area contributed by atoms with E-state index in [1.54, 1.807) is 17.1 Å². The van der Waals surface area contributed by atoms with Gasteiger partial charge in [0.2, 0.25) is 0 Å². The summed E-state index contributed by atoms with van der Waals surface area (Å²) in [5.41, 5.74) is 10.5. The van der Waals surface area contributed by atoms with Gasteiger partial charge in [0.25, 0.3) is 5.91 Å². The van der Waals surface area contributed by atoms with Crippen molar-refractivity contribution in [2.45, 2.75) is 32.2 Å². The molecule has 0 aromatic carbocycles. The summed E-state index contributed by atoms with van der Waals surface area (Å²) in [5, 5.41) is 20.3. The van der Waals surface area contributed by atoms with E-state index in [0.29, 0.717) is 13.0 Å². The Hall–Kier alpha value is -2.45. The fraction of sp³-hybridized carbons (Fsp3) is 0.444. The van der Waals surface area contributed by atoms with Gasteiger partial charge in [-0.3, -0.25) is 14.5 Å². The second-order valence-electron chi connectivity index (χ2n) is 5.97. The minimum atomic E-state index is -1.35. The molecule has 0 spiro atoms.